The van der Waals surface area contributed by atoms with Crippen molar-refractivity contribution < 1.29 is 19.4 Å². The fourth-order valence-electron chi connectivity index (χ4n) is 5.38. The largest absolute Gasteiger partial charge is 0.488 e. The lowest BCUT2D eigenvalue weighted by Crippen LogP contribution is -2.49. The number of hydrogen-bond donors (Lipinski definition) is 3. The van der Waals surface area contributed by atoms with E-state index in [4.69, 9.17) is 4.74 Å². The van der Waals surface area contributed by atoms with Crippen molar-refractivity contribution in [2.75, 3.05) is 32.1 Å². The third kappa shape index (κ3) is 7.26. The Balaban J connectivity index is 1.53. The smallest absolute Gasteiger partial charge is 0.319 e. The number of likely N-dealkylation sites (N-methyl/N-ethyl adjacent to an activating group) is 1. The summed E-state index contributed by atoms with van der Waals surface area (Å²) in [6, 6.07) is 15.1. The predicted molar refractivity (Wildman–Crippen MR) is 149 cm³/mol. The molecule has 1 aliphatic heterocycles. The first-order valence-corrected chi connectivity index (χ1v) is 13.9. The number of hydrogen-bond acceptors (Lipinski definition) is 5. The molecule has 1 heterocycles. The molecule has 3 atom stereocenters. The number of ether oxygens (including phenoxy) is 1. The Bertz CT molecular complexity index is 1070. The molecule has 8 nitrogen and oxygen atoms in total. The van der Waals surface area contributed by atoms with Crippen LogP contribution in [0.5, 0.6) is 5.75 Å². The SMILES string of the molecule is C[C@@H]1CN([C@H](C)CO)C(=O)c2cc(NC(=O)NC3CCCCC3)ccc2O[C@H]1CN(C)Cc1ccccc1. The minimum Gasteiger partial charge on any atom is -0.488 e. The molecule has 0 aromatic heterocycles. The predicted octanol–water partition coefficient (Wildman–Crippen LogP) is 4.49. The van der Waals surface area contributed by atoms with Crippen molar-refractivity contribution in [1.82, 2.24) is 15.1 Å². The highest BCUT2D eigenvalue weighted by Gasteiger charge is 2.33. The van der Waals surface area contributed by atoms with Crippen molar-refractivity contribution in [3.05, 3.63) is 59.7 Å². The van der Waals surface area contributed by atoms with Crippen molar-refractivity contribution in [2.24, 2.45) is 5.92 Å². The highest BCUT2D eigenvalue weighted by atomic mass is 16.5. The Morgan fingerprint density at radius 3 is 2.61 bits per heavy atom. The second-order valence-corrected chi connectivity index (χ2v) is 10.9. The van der Waals surface area contributed by atoms with E-state index in [0.29, 0.717) is 30.1 Å². The lowest BCUT2D eigenvalue weighted by atomic mass is 9.96. The second kappa shape index (κ2) is 13.1. The molecule has 206 valence electrons. The molecule has 1 saturated carbocycles. The van der Waals surface area contributed by atoms with Gasteiger partial charge in [0.15, 0.2) is 0 Å². The molecule has 2 aromatic carbocycles. The molecule has 0 saturated heterocycles. The van der Waals surface area contributed by atoms with E-state index < -0.39 is 0 Å². The van der Waals surface area contributed by atoms with Crippen LogP contribution < -0.4 is 15.4 Å². The molecule has 1 fully saturated rings. The Morgan fingerprint density at radius 1 is 1.16 bits per heavy atom. The maximum absolute atomic E-state index is 13.7. The van der Waals surface area contributed by atoms with Crippen molar-refractivity contribution in [3.63, 3.8) is 0 Å². The van der Waals surface area contributed by atoms with Crippen LogP contribution in [-0.2, 0) is 6.54 Å². The highest BCUT2D eigenvalue weighted by Crippen LogP contribution is 2.31. The first kappa shape index (κ1) is 27.9. The Kier molecular flexibility index (Phi) is 9.63. The molecule has 38 heavy (non-hydrogen) atoms. The molecule has 1 aliphatic carbocycles. The summed E-state index contributed by atoms with van der Waals surface area (Å²) < 4.78 is 6.49. The van der Waals surface area contributed by atoms with Crippen LogP contribution in [0, 0.1) is 5.92 Å². The Labute approximate surface area is 226 Å². The number of nitrogens with one attached hydrogen (secondary N) is 2. The average Bonchev–Trinajstić information content (AvgIpc) is 2.91. The molecule has 0 radical (unpaired) electrons. The number of aliphatic hydroxyl groups excluding tert-OH is 1. The van der Waals surface area contributed by atoms with Gasteiger partial charge in [0, 0.05) is 37.3 Å². The molecule has 3 amide bonds. The van der Waals surface area contributed by atoms with Crippen LogP contribution in [0.4, 0.5) is 10.5 Å². The van der Waals surface area contributed by atoms with Crippen molar-refractivity contribution in [3.8, 4) is 5.75 Å². The van der Waals surface area contributed by atoms with Crippen LogP contribution in [-0.4, -0.2) is 71.8 Å². The van der Waals surface area contributed by atoms with E-state index in [2.05, 4.69) is 41.6 Å². The zero-order chi connectivity index (χ0) is 27.1. The first-order valence-electron chi connectivity index (χ1n) is 13.9. The minimum atomic E-state index is -0.343. The molecule has 8 heteroatoms. The van der Waals surface area contributed by atoms with Gasteiger partial charge >= 0.3 is 6.03 Å². The van der Waals surface area contributed by atoms with Crippen LogP contribution in [0.2, 0.25) is 0 Å². The summed E-state index contributed by atoms with van der Waals surface area (Å²) in [7, 11) is 2.07. The van der Waals surface area contributed by atoms with E-state index in [1.165, 1.54) is 12.0 Å². The monoisotopic (exact) mass is 522 g/mol. The Hall–Kier alpha value is -3.10. The van der Waals surface area contributed by atoms with E-state index in [9.17, 15) is 14.7 Å². The van der Waals surface area contributed by atoms with Crippen molar-refractivity contribution in [1.29, 1.82) is 0 Å². The number of amides is 3. The summed E-state index contributed by atoms with van der Waals surface area (Å²) in [6.45, 7) is 5.73. The topological polar surface area (TPSA) is 94.1 Å². The van der Waals surface area contributed by atoms with Gasteiger partial charge in [-0.15, -0.1) is 0 Å². The van der Waals surface area contributed by atoms with Gasteiger partial charge in [-0.3, -0.25) is 9.69 Å². The third-order valence-electron chi connectivity index (χ3n) is 7.65. The zero-order valence-electron chi connectivity index (χ0n) is 22.9. The highest BCUT2D eigenvalue weighted by molar-refractivity contribution is 5.99. The third-order valence-corrected chi connectivity index (χ3v) is 7.65. The van der Waals surface area contributed by atoms with E-state index >= 15 is 0 Å². The van der Waals surface area contributed by atoms with Gasteiger partial charge in [0.1, 0.15) is 11.9 Å². The molecule has 0 bridgehead atoms. The number of benzene rings is 2. The minimum absolute atomic E-state index is 0.0402. The summed E-state index contributed by atoms with van der Waals surface area (Å²) in [6.07, 6.45) is 5.31. The van der Waals surface area contributed by atoms with Crippen LogP contribution >= 0.6 is 0 Å². The fraction of sp³-hybridized carbons (Fsp3) is 0.533. The van der Waals surface area contributed by atoms with Gasteiger partial charge in [-0.05, 0) is 50.6 Å². The van der Waals surface area contributed by atoms with E-state index in [1.54, 1.807) is 23.1 Å². The van der Waals surface area contributed by atoms with Gasteiger partial charge in [-0.2, -0.15) is 0 Å². The van der Waals surface area contributed by atoms with E-state index in [-0.39, 0.29) is 42.7 Å². The normalized spacial score (nSPS) is 21.2. The van der Waals surface area contributed by atoms with E-state index in [0.717, 1.165) is 32.2 Å². The summed E-state index contributed by atoms with van der Waals surface area (Å²) in [4.78, 5) is 30.3. The summed E-state index contributed by atoms with van der Waals surface area (Å²) in [5.41, 5.74) is 2.15. The summed E-state index contributed by atoms with van der Waals surface area (Å²) in [5, 5.41) is 15.9. The lowest BCUT2D eigenvalue weighted by molar-refractivity contribution is 0.0341. The second-order valence-electron chi connectivity index (χ2n) is 10.9. The lowest BCUT2D eigenvalue weighted by Gasteiger charge is -2.38. The maximum Gasteiger partial charge on any atom is 0.319 e. The van der Waals surface area contributed by atoms with Crippen molar-refractivity contribution in [2.45, 2.75) is 70.7 Å². The van der Waals surface area contributed by atoms with Gasteiger partial charge < -0.3 is 25.4 Å². The molecular weight excluding hydrogens is 480 g/mol. The maximum atomic E-state index is 13.7. The standard InChI is InChI=1S/C30H42N4O4/c1-21-17-34(22(2)20-35)29(36)26-16-25(32-30(37)31-24-12-8-5-9-13-24)14-15-27(26)38-28(21)19-33(3)18-23-10-6-4-7-11-23/h4,6-7,10-11,14-16,21-22,24,28,35H,5,8-9,12-13,17-20H2,1-3H3,(H2,31,32,37)/t21-,22-,28+/m1/s1. The molecule has 2 aliphatic rings. The molecule has 0 unspecified atom stereocenters. The molecule has 2 aromatic rings. The van der Waals surface area contributed by atoms with Crippen molar-refractivity contribution >= 4 is 17.6 Å². The molecule has 4 rings (SSSR count). The zero-order valence-corrected chi connectivity index (χ0v) is 22.9. The average molecular weight is 523 g/mol. The number of urea groups is 1. The van der Waals surface area contributed by atoms with Crippen LogP contribution in [0.25, 0.3) is 0 Å². The fourth-order valence-corrected chi connectivity index (χ4v) is 5.38. The van der Waals surface area contributed by atoms with Crippen LogP contribution in [0.3, 0.4) is 0 Å². The van der Waals surface area contributed by atoms with Gasteiger partial charge in [0.25, 0.3) is 5.91 Å². The number of carbonyl (C=O) groups is 2. The quantitative estimate of drug-likeness (QED) is 0.475. The first-order chi connectivity index (χ1) is 18.3. The van der Waals surface area contributed by atoms with Gasteiger partial charge in [-0.25, -0.2) is 4.79 Å². The van der Waals surface area contributed by atoms with E-state index in [1.807, 2.05) is 25.1 Å². The summed E-state index contributed by atoms with van der Waals surface area (Å²) in [5.74, 6) is 0.326. The van der Waals surface area contributed by atoms with Gasteiger partial charge in [0.05, 0.1) is 18.2 Å². The molecular formula is C30H42N4O4. The summed E-state index contributed by atoms with van der Waals surface area (Å²) >= 11 is 0. The number of aliphatic hydroxyl groups is 1. The number of carbonyl (C=O) groups excluding carboxylic acids is 2. The molecule has 3 N–H and O–H groups in total. The van der Waals surface area contributed by atoms with Gasteiger partial charge in [0.2, 0.25) is 0 Å². The Morgan fingerprint density at radius 2 is 1.89 bits per heavy atom. The van der Waals surface area contributed by atoms with Crippen LogP contribution in [0.15, 0.2) is 48.5 Å². The molecule has 0 spiro atoms. The number of nitrogens with zero attached hydrogens (tertiary/aromatic N) is 2. The van der Waals surface area contributed by atoms with Crippen LogP contribution in [0.1, 0.15) is 61.9 Å². The number of rotatable bonds is 8. The number of anilines is 1. The van der Waals surface area contributed by atoms with Gasteiger partial charge in [-0.1, -0.05) is 56.5 Å². The number of fused-ring (bicyclic) bond motifs is 1.